The maximum atomic E-state index is 10.9. The van der Waals surface area contributed by atoms with Crippen LogP contribution in [-0.4, -0.2) is 29.0 Å². The molecular weight excluding hydrogens is 204 g/mol. The maximum absolute atomic E-state index is 10.9. The van der Waals surface area contributed by atoms with Crippen molar-refractivity contribution < 1.29 is 4.79 Å². The van der Waals surface area contributed by atoms with Gasteiger partial charge in [-0.05, 0) is 25.0 Å². The minimum absolute atomic E-state index is 0.434. The fourth-order valence-corrected chi connectivity index (χ4v) is 1.77. The molecule has 1 saturated heterocycles. The van der Waals surface area contributed by atoms with Gasteiger partial charge in [0, 0.05) is 19.3 Å². The quantitative estimate of drug-likeness (QED) is 0.797. The molecule has 0 spiro atoms. The summed E-state index contributed by atoms with van der Waals surface area (Å²) in [6, 6.07) is 3.45. The molecule has 0 radical (unpaired) electrons. The van der Waals surface area contributed by atoms with Crippen molar-refractivity contribution in [1.29, 1.82) is 0 Å². The smallest absolute Gasteiger partial charge is 0.250 e. The highest BCUT2D eigenvalue weighted by molar-refractivity contribution is 5.92. The molecule has 0 atom stereocenters. The number of carbonyl (C=O) groups is 1. The summed E-state index contributed by atoms with van der Waals surface area (Å²) in [5.41, 5.74) is 8.79. The molecule has 1 amide bonds. The molecule has 1 aliphatic rings. The number of primary amides is 1. The standard InChI is InChI=1S/C11H16N4O/c12-11(16)9-4-5-10(13-8-9)14-15-6-2-1-3-7-15/h4-5,8H,1-3,6-7H2,(H2,12,16)(H,13,14). The fraction of sp³-hybridized carbons (Fsp3) is 0.455. The van der Waals surface area contributed by atoms with E-state index in [1.54, 1.807) is 12.1 Å². The molecule has 0 unspecified atom stereocenters. The first-order valence-electron chi connectivity index (χ1n) is 5.53. The first kappa shape index (κ1) is 10.9. The van der Waals surface area contributed by atoms with Gasteiger partial charge in [0.1, 0.15) is 5.82 Å². The van der Waals surface area contributed by atoms with Crippen LogP contribution in [0.15, 0.2) is 18.3 Å². The van der Waals surface area contributed by atoms with E-state index in [0.717, 1.165) is 18.9 Å². The summed E-state index contributed by atoms with van der Waals surface area (Å²) >= 11 is 0. The zero-order valence-corrected chi connectivity index (χ0v) is 9.15. The van der Waals surface area contributed by atoms with E-state index in [1.807, 2.05) is 0 Å². The lowest BCUT2D eigenvalue weighted by molar-refractivity contribution is 0.1000. The minimum atomic E-state index is -0.447. The maximum Gasteiger partial charge on any atom is 0.250 e. The molecule has 1 aromatic heterocycles. The van der Waals surface area contributed by atoms with Gasteiger partial charge >= 0.3 is 0 Å². The molecule has 3 N–H and O–H groups in total. The Morgan fingerprint density at radius 3 is 2.62 bits per heavy atom. The number of rotatable bonds is 3. The number of amides is 1. The van der Waals surface area contributed by atoms with Crippen LogP contribution in [0.25, 0.3) is 0 Å². The summed E-state index contributed by atoms with van der Waals surface area (Å²) < 4.78 is 0. The molecule has 2 rings (SSSR count). The predicted molar refractivity (Wildman–Crippen MR) is 61.8 cm³/mol. The van der Waals surface area contributed by atoms with Crippen LogP contribution in [0.5, 0.6) is 0 Å². The zero-order chi connectivity index (χ0) is 11.4. The third-order valence-corrected chi connectivity index (χ3v) is 2.68. The number of hydrazine groups is 1. The van der Waals surface area contributed by atoms with Crippen LogP contribution in [0.3, 0.4) is 0 Å². The second kappa shape index (κ2) is 4.94. The van der Waals surface area contributed by atoms with Gasteiger partial charge in [-0.1, -0.05) is 6.42 Å². The molecule has 0 saturated carbocycles. The third kappa shape index (κ3) is 2.70. The molecule has 0 bridgehead atoms. The molecule has 1 fully saturated rings. The lowest BCUT2D eigenvalue weighted by Crippen LogP contribution is -2.35. The van der Waals surface area contributed by atoms with Crippen molar-refractivity contribution >= 4 is 11.7 Å². The van der Waals surface area contributed by atoms with Gasteiger partial charge in [0.05, 0.1) is 5.56 Å². The van der Waals surface area contributed by atoms with Crippen molar-refractivity contribution in [2.45, 2.75) is 19.3 Å². The van der Waals surface area contributed by atoms with E-state index in [2.05, 4.69) is 15.4 Å². The SMILES string of the molecule is NC(=O)c1ccc(NN2CCCCC2)nc1. The first-order valence-corrected chi connectivity index (χ1v) is 5.53. The number of hydrogen-bond donors (Lipinski definition) is 2. The fourth-order valence-electron chi connectivity index (χ4n) is 1.77. The number of nitrogens with one attached hydrogen (secondary N) is 1. The molecule has 86 valence electrons. The highest BCUT2D eigenvalue weighted by Crippen LogP contribution is 2.11. The largest absolute Gasteiger partial charge is 0.366 e. The Hall–Kier alpha value is -1.62. The Balaban J connectivity index is 1.96. The van der Waals surface area contributed by atoms with Crippen LogP contribution < -0.4 is 11.2 Å². The van der Waals surface area contributed by atoms with Gasteiger partial charge in [-0.3, -0.25) is 4.79 Å². The minimum Gasteiger partial charge on any atom is -0.366 e. The van der Waals surface area contributed by atoms with Crippen LogP contribution in [0, 0.1) is 0 Å². The summed E-state index contributed by atoms with van der Waals surface area (Å²) in [4.78, 5) is 15.0. The number of nitrogens with two attached hydrogens (primary N) is 1. The van der Waals surface area contributed by atoms with E-state index in [1.165, 1.54) is 25.5 Å². The van der Waals surface area contributed by atoms with Crippen molar-refractivity contribution in [2.75, 3.05) is 18.5 Å². The van der Waals surface area contributed by atoms with Crippen LogP contribution in [0.2, 0.25) is 0 Å². The predicted octanol–water partition coefficient (Wildman–Crippen LogP) is 0.993. The number of hydrogen-bond acceptors (Lipinski definition) is 4. The van der Waals surface area contributed by atoms with E-state index in [9.17, 15) is 4.79 Å². The van der Waals surface area contributed by atoms with Crippen molar-refractivity contribution in [3.8, 4) is 0 Å². The number of anilines is 1. The second-order valence-electron chi connectivity index (χ2n) is 3.96. The topological polar surface area (TPSA) is 71.2 Å². The van der Waals surface area contributed by atoms with Gasteiger partial charge in [-0.25, -0.2) is 9.99 Å². The van der Waals surface area contributed by atoms with Gasteiger partial charge in [0.15, 0.2) is 0 Å². The Labute approximate surface area is 94.6 Å². The second-order valence-corrected chi connectivity index (χ2v) is 3.96. The zero-order valence-electron chi connectivity index (χ0n) is 9.15. The Kier molecular flexibility index (Phi) is 3.36. The number of pyridine rings is 1. The molecule has 16 heavy (non-hydrogen) atoms. The van der Waals surface area contributed by atoms with Gasteiger partial charge in [-0.15, -0.1) is 0 Å². The number of aromatic nitrogens is 1. The summed E-state index contributed by atoms with van der Waals surface area (Å²) in [5, 5.41) is 2.15. The van der Waals surface area contributed by atoms with Gasteiger partial charge < -0.3 is 11.2 Å². The first-order chi connectivity index (χ1) is 7.75. The van der Waals surface area contributed by atoms with E-state index in [-0.39, 0.29) is 0 Å². The van der Waals surface area contributed by atoms with E-state index in [0.29, 0.717) is 5.56 Å². The Morgan fingerprint density at radius 1 is 1.31 bits per heavy atom. The summed E-state index contributed by atoms with van der Waals surface area (Å²) in [6.45, 7) is 2.08. The molecule has 1 aromatic rings. The van der Waals surface area contributed by atoms with Crippen molar-refractivity contribution in [1.82, 2.24) is 9.99 Å². The van der Waals surface area contributed by atoms with E-state index in [4.69, 9.17) is 5.73 Å². The van der Waals surface area contributed by atoms with Crippen molar-refractivity contribution in [2.24, 2.45) is 5.73 Å². The van der Waals surface area contributed by atoms with Crippen LogP contribution in [-0.2, 0) is 0 Å². The lowest BCUT2D eigenvalue weighted by Gasteiger charge is -2.27. The summed E-state index contributed by atoms with van der Waals surface area (Å²) in [7, 11) is 0. The number of carbonyl (C=O) groups excluding carboxylic acids is 1. The van der Waals surface area contributed by atoms with E-state index < -0.39 is 5.91 Å². The average molecular weight is 220 g/mol. The van der Waals surface area contributed by atoms with E-state index >= 15 is 0 Å². The average Bonchev–Trinajstić information content (AvgIpc) is 2.31. The van der Waals surface area contributed by atoms with Crippen molar-refractivity contribution in [3.05, 3.63) is 23.9 Å². The molecule has 0 aliphatic carbocycles. The van der Waals surface area contributed by atoms with Crippen molar-refractivity contribution in [3.63, 3.8) is 0 Å². The number of piperidine rings is 1. The van der Waals surface area contributed by atoms with Crippen LogP contribution in [0.1, 0.15) is 29.6 Å². The Morgan fingerprint density at radius 2 is 2.06 bits per heavy atom. The molecule has 1 aliphatic heterocycles. The van der Waals surface area contributed by atoms with Crippen LogP contribution in [0.4, 0.5) is 5.82 Å². The molecular formula is C11H16N4O. The highest BCUT2D eigenvalue weighted by atomic mass is 16.1. The summed E-state index contributed by atoms with van der Waals surface area (Å²) in [6.07, 6.45) is 5.22. The monoisotopic (exact) mass is 220 g/mol. The highest BCUT2D eigenvalue weighted by Gasteiger charge is 2.10. The van der Waals surface area contributed by atoms with Gasteiger partial charge in [0.25, 0.3) is 0 Å². The molecule has 5 nitrogen and oxygen atoms in total. The normalized spacial score (nSPS) is 17.0. The van der Waals surface area contributed by atoms with Gasteiger partial charge in [-0.2, -0.15) is 0 Å². The third-order valence-electron chi connectivity index (χ3n) is 2.68. The molecule has 2 heterocycles. The lowest BCUT2D eigenvalue weighted by atomic mass is 10.2. The van der Waals surface area contributed by atoms with Crippen LogP contribution >= 0.6 is 0 Å². The molecule has 5 heteroatoms. The summed E-state index contributed by atoms with van der Waals surface area (Å²) in [5.74, 6) is 0.309. The molecule has 0 aromatic carbocycles. The Bertz CT molecular complexity index is 357. The van der Waals surface area contributed by atoms with Gasteiger partial charge in [0.2, 0.25) is 5.91 Å². The number of nitrogens with zero attached hydrogens (tertiary/aromatic N) is 2.